The number of halogens is 3. The average molecular weight is 610 g/mol. The summed E-state index contributed by atoms with van der Waals surface area (Å²) >= 11 is 1.02. The maximum absolute atomic E-state index is 13.6. The van der Waals surface area contributed by atoms with Crippen LogP contribution >= 0.6 is 11.3 Å². The second-order valence-corrected chi connectivity index (χ2v) is 11.4. The first-order valence-electron chi connectivity index (χ1n) is 13.4. The smallest absolute Gasteiger partial charge is 0.267 e. The van der Waals surface area contributed by atoms with Crippen LogP contribution in [-0.4, -0.2) is 22.7 Å². The minimum absolute atomic E-state index is 0.0431. The summed E-state index contributed by atoms with van der Waals surface area (Å²) in [6.07, 6.45) is 1.06. The molecule has 0 aliphatic rings. The Kier molecular flexibility index (Phi) is 9.94. The third-order valence-corrected chi connectivity index (χ3v) is 7.73. The van der Waals surface area contributed by atoms with E-state index in [4.69, 9.17) is 16.6 Å². The summed E-state index contributed by atoms with van der Waals surface area (Å²) < 4.78 is 40.3. The number of amides is 3. The minimum Gasteiger partial charge on any atom is -0.366 e. The largest absolute Gasteiger partial charge is 0.366 e. The van der Waals surface area contributed by atoms with Gasteiger partial charge in [-0.05, 0) is 72.7 Å². The van der Waals surface area contributed by atoms with Gasteiger partial charge in [-0.1, -0.05) is 32.0 Å². The molecule has 8 nitrogen and oxygen atoms in total. The van der Waals surface area contributed by atoms with Crippen LogP contribution in [0.3, 0.4) is 0 Å². The summed E-state index contributed by atoms with van der Waals surface area (Å²) in [5.41, 5.74) is 10.2. The molecule has 0 spiro atoms. The van der Waals surface area contributed by atoms with Crippen molar-refractivity contribution in [2.45, 2.75) is 39.7 Å². The van der Waals surface area contributed by atoms with Crippen molar-refractivity contribution in [2.24, 2.45) is 17.5 Å². The molecule has 0 saturated carbocycles. The molecule has 224 valence electrons. The quantitative estimate of drug-likeness (QED) is 0.109. The number of carbonyl (C=O) groups is 3. The molecule has 6 N–H and O–H groups in total. The standard InChI is InChI=1S/C31H30F3N5O3S/c1-16(2)13-23-26(29(35)40)28(27(31(42)39-36)22(38-23)10-6-17-3-7-19(32)8-4-17)24-11-12-25(43-24)30(41)37-15-18-5-9-20(33)21(34)14-18/h3-5,7-9,11-12,14,16H,6,10,13,15,36H2,1-2H3,(H2,35,40)(H,37,41)(H,39,42). The SMILES string of the molecule is CC(C)Cc1nc(CCc2ccc(F)cc2)c(C(=O)NN)c(-c2ccc(C(=O)NCc3ccc(F)c(F)c3)s2)c1C(N)=O. The van der Waals surface area contributed by atoms with E-state index in [1.807, 2.05) is 13.8 Å². The maximum atomic E-state index is 13.6. The summed E-state index contributed by atoms with van der Waals surface area (Å²) in [7, 11) is 0. The van der Waals surface area contributed by atoms with Gasteiger partial charge in [0.2, 0.25) is 0 Å². The Hall–Kier alpha value is -4.55. The van der Waals surface area contributed by atoms with Crippen molar-refractivity contribution in [3.63, 3.8) is 0 Å². The van der Waals surface area contributed by atoms with Crippen molar-refractivity contribution in [1.82, 2.24) is 15.7 Å². The molecule has 0 bridgehead atoms. The number of carbonyl (C=O) groups excluding carboxylic acids is 3. The average Bonchev–Trinajstić information content (AvgIpc) is 3.46. The van der Waals surface area contributed by atoms with Crippen molar-refractivity contribution in [1.29, 1.82) is 0 Å². The topological polar surface area (TPSA) is 140 Å². The first kappa shape index (κ1) is 31.4. The first-order chi connectivity index (χ1) is 20.5. The Labute approximate surface area is 250 Å². The number of benzene rings is 2. The first-order valence-corrected chi connectivity index (χ1v) is 14.2. The van der Waals surface area contributed by atoms with Crippen LogP contribution in [0.4, 0.5) is 13.2 Å². The van der Waals surface area contributed by atoms with Gasteiger partial charge in [0.05, 0.1) is 27.4 Å². The zero-order valence-corrected chi connectivity index (χ0v) is 24.3. The number of aryl methyl sites for hydroxylation is 2. The van der Waals surface area contributed by atoms with E-state index in [1.165, 1.54) is 24.3 Å². The van der Waals surface area contributed by atoms with E-state index in [0.29, 0.717) is 34.7 Å². The molecular weight excluding hydrogens is 579 g/mol. The van der Waals surface area contributed by atoms with Crippen LogP contribution in [0.2, 0.25) is 0 Å². The lowest BCUT2D eigenvalue weighted by molar-refractivity contribution is 0.0945. The van der Waals surface area contributed by atoms with Gasteiger partial charge >= 0.3 is 0 Å². The molecule has 2 aromatic carbocycles. The maximum Gasteiger partial charge on any atom is 0.267 e. The third-order valence-electron chi connectivity index (χ3n) is 6.63. The van der Waals surface area contributed by atoms with E-state index in [9.17, 15) is 27.6 Å². The van der Waals surface area contributed by atoms with Crippen molar-refractivity contribution >= 4 is 29.1 Å². The number of nitrogens with two attached hydrogens (primary N) is 2. The number of nitrogen functional groups attached to an aromatic ring is 1. The number of hydrazine groups is 1. The molecule has 3 amide bonds. The van der Waals surface area contributed by atoms with Crippen LogP contribution in [-0.2, 0) is 25.8 Å². The van der Waals surface area contributed by atoms with Gasteiger partial charge in [-0.15, -0.1) is 11.3 Å². The molecule has 4 rings (SSSR count). The Balaban J connectivity index is 1.77. The van der Waals surface area contributed by atoms with Gasteiger partial charge in [0, 0.05) is 17.0 Å². The lowest BCUT2D eigenvalue weighted by atomic mass is 9.91. The molecule has 12 heteroatoms. The summed E-state index contributed by atoms with van der Waals surface area (Å²) in [4.78, 5) is 44.5. The molecule has 43 heavy (non-hydrogen) atoms. The summed E-state index contributed by atoms with van der Waals surface area (Å²) in [5.74, 6) is 1.25. The van der Waals surface area contributed by atoms with Crippen molar-refractivity contribution in [3.05, 3.63) is 111 Å². The fourth-order valence-electron chi connectivity index (χ4n) is 4.66. The summed E-state index contributed by atoms with van der Waals surface area (Å²) in [6.45, 7) is 3.84. The molecule has 4 aromatic rings. The minimum atomic E-state index is -1.03. The number of rotatable bonds is 11. The molecule has 0 fully saturated rings. The fraction of sp³-hybridized carbons (Fsp3) is 0.226. The highest BCUT2D eigenvalue weighted by Gasteiger charge is 2.29. The Morgan fingerprint density at radius 3 is 2.19 bits per heavy atom. The van der Waals surface area contributed by atoms with E-state index >= 15 is 0 Å². The predicted octanol–water partition coefficient (Wildman–Crippen LogP) is 4.84. The van der Waals surface area contributed by atoms with Crippen LogP contribution < -0.4 is 22.3 Å². The number of primary amides is 1. The van der Waals surface area contributed by atoms with Gasteiger partial charge in [-0.3, -0.25) is 24.8 Å². The third kappa shape index (κ3) is 7.46. The highest BCUT2D eigenvalue weighted by Crippen LogP contribution is 2.37. The van der Waals surface area contributed by atoms with Gasteiger partial charge < -0.3 is 11.1 Å². The van der Waals surface area contributed by atoms with Crippen LogP contribution in [0.25, 0.3) is 10.4 Å². The number of hydrogen-bond donors (Lipinski definition) is 4. The number of nitrogens with zero attached hydrogens (tertiary/aromatic N) is 1. The monoisotopic (exact) mass is 609 g/mol. The number of aromatic nitrogens is 1. The van der Waals surface area contributed by atoms with Gasteiger partial charge in [0.25, 0.3) is 17.7 Å². The zero-order valence-electron chi connectivity index (χ0n) is 23.5. The Morgan fingerprint density at radius 2 is 1.56 bits per heavy atom. The molecule has 0 aliphatic heterocycles. The molecule has 0 atom stereocenters. The van der Waals surface area contributed by atoms with Crippen molar-refractivity contribution in [2.75, 3.05) is 0 Å². The fourth-order valence-corrected chi connectivity index (χ4v) is 5.64. The molecule has 0 radical (unpaired) electrons. The molecule has 0 aliphatic carbocycles. The normalized spacial score (nSPS) is 11.0. The van der Waals surface area contributed by atoms with Gasteiger partial charge in [-0.25, -0.2) is 19.0 Å². The number of pyridine rings is 1. The number of nitrogens with one attached hydrogen (secondary N) is 2. The van der Waals surface area contributed by atoms with Gasteiger partial charge in [0.1, 0.15) is 5.82 Å². The Bertz CT molecular complexity index is 1670. The molecular formula is C31H30F3N5O3S. The van der Waals surface area contributed by atoms with E-state index in [1.54, 1.807) is 18.2 Å². The second kappa shape index (κ2) is 13.6. The van der Waals surface area contributed by atoms with E-state index in [-0.39, 0.29) is 46.3 Å². The summed E-state index contributed by atoms with van der Waals surface area (Å²) in [5, 5.41) is 2.66. The lowest BCUT2D eigenvalue weighted by Gasteiger charge is -2.20. The van der Waals surface area contributed by atoms with E-state index in [2.05, 4.69) is 10.7 Å². The van der Waals surface area contributed by atoms with E-state index < -0.39 is 29.4 Å². The van der Waals surface area contributed by atoms with Crippen molar-refractivity contribution < 1.29 is 27.6 Å². The van der Waals surface area contributed by atoms with Crippen LogP contribution in [0.15, 0.2) is 54.6 Å². The molecule has 0 saturated heterocycles. The van der Waals surface area contributed by atoms with Gasteiger partial charge in [-0.2, -0.15) is 0 Å². The lowest BCUT2D eigenvalue weighted by Crippen LogP contribution is -2.33. The zero-order chi connectivity index (χ0) is 31.3. The Morgan fingerprint density at radius 1 is 0.860 bits per heavy atom. The number of hydrogen-bond acceptors (Lipinski definition) is 6. The summed E-state index contributed by atoms with van der Waals surface area (Å²) in [6, 6.07) is 12.4. The molecule has 0 unspecified atom stereocenters. The highest BCUT2D eigenvalue weighted by atomic mass is 32.1. The molecule has 2 heterocycles. The number of thiophene rings is 1. The predicted molar refractivity (Wildman–Crippen MR) is 158 cm³/mol. The van der Waals surface area contributed by atoms with Crippen LogP contribution in [0, 0.1) is 23.4 Å². The van der Waals surface area contributed by atoms with Crippen LogP contribution in [0.1, 0.15) is 66.7 Å². The van der Waals surface area contributed by atoms with Crippen molar-refractivity contribution in [3.8, 4) is 10.4 Å². The van der Waals surface area contributed by atoms with Gasteiger partial charge in [0.15, 0.2) is 11.6 Å². The van der Waals surface area contributed by atoms with E-state index in [0.717, 1.165) is 29.0 Å². The van der Waals surface area contributed by atoms with Crippen LogP contribution in [0.5, 0.6) is 0 Å². The highest BCUT2D eigenvalue weighted by molar-refractivity contribution is 7.17. The second-order valence-electron chi connectivity index (χ2n) is 10.3. The molecule has 2 aromatic heterocycles.